The number of aromatic nitrogens is 2. The van der Waals surface area contributed by atoms with Crippen LogP contribution in [0, 0.1) is 0 Å². The number of benzene rings is 1. The second kappa shape index (κ2) is 8.22. The average molecular weight is 391 g/mol. The molecule has 2 heterocycles. The summed E-state index contributed by atoms with van der Waals surface area (Å²) in [5.74, 6) is 0.113. The van der Waals surface area contributed by atoms with Crippen molar-refractivity contribution in [2.75, 3.05) is 20.3 Å². The van der Waals surface area contributed by atoms with E-state index in [4.69, 9.17) is 9.47 Å². The number of hydrogen-bond acceptors (Lipinski definition) is 5. The molecule has 0 bridgehead atoms. The van der Waals surface area contributed by atoms with Crippen molar-refractivity contribution in [3.05, 3.63) is 59.9 Å². The standard InChI is InChI=1S/C19H16F3N3O3/c1-27-9-8-23-18(26)16-5-2-12-10-14(4-6-15(12)25-16)28-17-7-3-13(11-24-17)19(20,21)22/h2-7,10-11H,8-9H2,1H3,(H,23,26). The molecule has 0 unspecified atom stereocenters. The van der Waals surface area contributed by atoms with Gasteiger partial charge in [0.05, 0.1) is 17.7 Å². The maximum absolute atomic E-state index is 12.6. The van der Waals surface area contributed by atoms with Gasteiger partial charge in [0.2, 0.25) is 5.88 Å². The maximum Gasteiger partial charge on any atom is 0.417 e. The van der Waals surface area contributed by atoms with Crippen LogP contribution in [-0.4, -0.2) is 36.1 Å². The van der Waals surface area contributed by atoms with Gasteiger partial charge in [-0.15, -0.1) is 0 Å². The molecule has 0 saturated heterocycles. The molecule has 0 atom stereocenters. The lowest BCUT2D eigenvalue weighted by molar-refractivity contribution is -0.137. The predicted molar refractivity (Wildman–Crippen MR) is 95.3 cm³/mol. The van der Waals surface area contributed by atoms with E-state index in [0.29, 0.717) is 36.0 Å². The second-order valence-electron chi connectivity index (χ2n) is 5.78. The van der Waals surface area contributed by atoms with Crippen molar-refractivity contribution in [2.45, 2.75) is 6.18 Å². The zero-order valence-electron chi connectivity index (χ0n) is 14.8. The van der Waals surface area contributed by atoms with Crippen molar-refractivity contribution >= 4 is 16.8 Å². The van der Waals surface area contributed by atoms with Crippen LogP contribution in [0.3, 0.4) is 0 Å². The summed E-state index contributed by atoms with van der Waals surface area (Å²) >= 11 is 0. The monoisotopic (exact) mass is 391 g/mol. The van der Waals surface area contributed by atoms with E-state index in [1.54, 1.807) is 37.4 Å². The molecule has 28 heavy (non-hydrogen) atoms. The Labute approximate surface area is 158 Å². The van der Waals surface area contributed by atoms with Crippen LogP contribution >= 0.6 is 0 Å². The molecule has 1 amide bonds. The number of hydrogen-bond donors (Lipinski definition) is 1. The number of halogens is 3. The van der Waals surface area contributed by atoms with Crippen LogP contribution < -0.4 is 10.1 Å². The lowest BCUT2D eigenvalue weighted by Crippen LogP contribution is -2.27. The van der Waals surface area contributed by atoms with Crippen LogP contribution in [-0.2, 0) is 10.9 Å². The lowest BCUT2D eigenvalue weighted by Gasteiger charge is -2.09. The van der Waals surface area contributed by atoms with Crippen molar-refractivity contribution in [3.8, 4) is 11.6 Å². The first-order valence-electron chi connectivity index (χ1n) is 8.26. The van der Waals surface area contributed by atoms with Crippen molar-refractivity contribution < 1.29 is 27.4 Å². The first kappa shape index (κ1) is 19.6. The number of carbonyl (C=O) groups excluding carboxylic acids is 1. The summed E-state index contributed by atoms with van der Waals surface area (Å²) in [5, 5.41) is 3.39. The van der Waals surface area contributed by atoms with Crippen LogP contribution in [0.2, 0.25) is 0 Å². The van der Waals surface area contributed by atoms with Crippen LogP contribution in [0.4, 0.5) is 13.2 Å². The van der Waals surface area contributed by atoms with Gasteiger partial charge >= 0.3 is 6.18 Å². The molecule has 0 fully saturated rings. The molecular formula is C19H16F3N3O3. The summed E-state index contributed by atoms with van der Waals surface area (Å²) in [6, 6.07) is 10.2. The van der Waals surface area contributed by atoms with Gasteiger partial charge in [-0.05, 0) is 30.3 Å². The Morgan fingerprint density at radius 3 is 2.64 bits per heavy atom. The quantitative estimate of drug-likeness (QED) is 0.647. The molecule has 0 aliphatic carbocycles. The van der Waals surface area contributed by atoms with E-state index in [9.17, 15) is 18.0 Å². The Bertz CT molecular complexity index is 976. The third kappa shape index (κ3) is 4.74. The number of methoxy groups -OCH3 is 1. The topological polar surface area (TPSA) is 73.3 Å². The number of ether oxygens (including phenoxy) is 2. The average Bonchev–Trinajstić information content (AvgIpc) is 2.67. The highest BCUT2D eigenvalue weighted by Gasteiger charge is 2.30. The third-order valence-electron chi connectivity index (χ3n) is 3.77. The Balaban J connectivity index is 1.74. The van der Waals surface area contributed by atoms with Crippen LogP contribution in [0.25, 0.3) is 10.9 Å². The molecule has 0 saturated carbocycles. The van der Waals surface area contributed by atoms with Crippen molar-refractivity contribution in [3.63, 3.8) is 0 Å². The number of rotatable bonds is 6. The van der Waals surface area contributed by atoms with Crippen molar-refractivity contribution in [1.29, 1.82) is 0 Å². The van der Waals surface area contributed by atoms with Gasteiger partial charge in [0, 0.05) is 31.3 Å². The van der Waals surface area contributed by atoms with Gasteiger partial charge in [-0.1, -0.05) is 6.07 Å². The van der Waals surface area contributed by atoms with Gasteiger partial charge in [0.1, 0.15) is 11.4 Å². The Kier molecular flexibility index (Phi) is 5.74. The summed E-state index contributed by atoms with van der Waals surface area (Å²) in [4.78, 5) is 20.0. The van der Waals surface area contributed by atoms with E-state index in [2.05, 4.69) is 15.3 Å². The summed E-state index contributed by atoms with van der Waals surface area (Å²) in [6.07, 6.45) is -3.74. The molecule has 6 nitrogen and oxygen atoms in total. The fraction of sp³-hybridized carbons (Fsp3) is 0.211. The largest absolute Gasteiger partial charge is 0.439 e. The number of nitrogens with one attached hydrogen (secondary N) is 1. The fourth-order valence-electron chi connectivity index (χ4n) is 2.38. The summed E-state index contributed by atoms with van der Waals surface area (Å²) in [7, 11) is 1.54. The Morgan fingerprint density at radius 1 is 1.14 bits per heavy atom. The predicted octanol–water partition coefficient (Wildman–Crippen LogP) is 3.82. The van der Waals surface area contributed by atoms with E-state index >= 15 is 0 Å². The number of amides is 1. The third-order valence-corrected chi connectivity index (χ3v) is 3.77. The van der Waals surface area contributed by atoms with Crippen LogP contribution in [0.1, 0.15) is 16.1 Å². The SMILES string of the molecule is COCCNC(=O)c1ccc2cc(Oc3ccc(C(F)(F)F)cn3)ccc2n1. The number of nitrogens with zero attached hydrogens (tertiary/aromatic N) is 2. The zero-order chi connectivity index (χ0) is 20.1. The first-order chi connectivity index (χ1) is 13.4. The molecule has 3 aromatic rings. The maximum atomic E-state index is 12.6. The smallest absolute Gasteiger partial charge is 0.417 e. The van der Waals surface area contributed by atoms with E-state index in [1.807, 2.05) is 0 Å². The van der Waals surface area contributed by atoms with Crippen molar-refractivity contribution in [1.82, 2.24) is 15.3 Å². The fourth-order valence-corrected chi connectivity index (χ4v) is 2.38. The number of pyridine rings is 2. The minimum absolute atomic E-state index is 0.0365. The van der Waals surface area contributed by atoms with Gasteiger partial charge in [-0.25, -0.2) is 9.97 Å². The minimum Gasteiger partial charge on any atom is -0.439 e. The highest BCUT2D eigenvalue weighted by Crippen LogP contribution is 2.30. The molecule has 2 aromatic heterocycles. The molecule has 0 aliphatic heterocycles. The number of fused-ring (bicyclic) bond motifs is 1. The normalized spacial score (nSPS) is 11.4. The van der Waals surface area contributed by atoms with Gasteiger partial charge in [-0.2, -0.15) is 13.2 Å². The first-order valence-corrected chi connectivity index (χ1v) is 8.26. The molecule has 9 heteroatoms. The van der Waals surface area contributed by atoms with Crippen LogP contribution in [0.15, 0.2) is 48.7 Å². The van der Waals surface area contributed by atoms with Gasteiger partial charge in [-0.3, -0.25) is 4.79 Å². The molecular weight excluding hydrogens is 375 g/mol. The Morgan fingerprint density at radius 2 is 1.96 bits per heavy atom. The molecule has 3 rings (SSSR count). The highest BCUT2D eigenvalue weighted by atomic mass is 19.4. The molecule has 1 aromatic carbocycles. The van der Waals surface area contributed by atoms with E-state index in [-0.39, 0.29) is 17.5 Å². The zero-order valence-corrected chi connectivity index (χ0v) is 14.8. The molecule has 1 N–H and O–H groups in total. The van der Waals surface area contributed by atoms with Crippen LogP contribution in [0.5, 0.6) is 11.6 Å². The second-order valence-corrected chi connectivity index (χ2v) is 5.78. The number of carbonyl (C=O) groups is 1. The summed E-state index contributed by atoms with van der Waals surface area (Å²) < 4.78 is 48.1. The molecule has 0 radical (unpaired) electrons. The van der Waals surface area contributed by atoms with Gasteiger partial charge < -0.3 is 14.8 Å². The number of alkyl halides is 3. The summed E-state index contributed by atoms with van der Waals surface area (Å²) in [5.41, 5.74) is -0.00679. The van der Waals surface area contributed by atoms with E-state index in [0.717, 1.165) is 12.1 Å². The minimum atomic E-state index is -4.45. The molecule has 0 aliphatic rings. The van der Waals surface area contributed by atoms with E-state index in [1.165, 1.54) is 0 Å². The Hall–Kier alpha value is -3.20. The van der Waals surface area contributed by atoms with Gasteiger partial charge in [0.25, 0.3) is 5.91 Å². The highest BCUT2D eigenvalue weighted by molar-refractivity contribution is 5.95. The van der Waals surface area contributed by atoms with Gasteiger partial charge in [0.15, 0.2) is 0 Å². The molecule has 0 spiro atoms. The van der Waals surface area contributed by atoms with Crippen molar-refractivity contribution in [2.24, 2.45) is 0 Å². The lowest BCUT2D eigenvalue weighted by atomic mass is 10.2. The molecule has 146 valence electrons. The summed E-state index contributed by atoms with van der Waals surface area (Å²) in [6.45, 7) is 0.778. The van der Waals surface area contributed by atoms with E-state index < -0.39 is 11.7 Å².